The lowest BCUT2D eigenvalue weighted by Gasteiger charge is -2.38. The third-order valence-corrected chi connectivity index (χ3v) is 7.98. The summed E-state index contributed by atoms with van der Waals surface area (Å²) in [5.74, 6) is -1.07. The van der Waals surface area contributed by atoms with Crippen LogP contribution in [0.2, 0.25) is 0 Å². The maximum atomic E-state index is 15.3. The Balaban J connectivity index is 1.49. The highest BCUT2D eigenvalue weighted by atomic mass is 19.1. The molecule has 3 heterocycles. The molecule has 0 spiro atoms. The summed E-state index contributed by atoms with van der Waals surface area (Å²) in [6.45, 7) is 4.29. The van der Waals surface area contributed by atoms with Gasteiger partial charge in [-0.25, -0.2) is 14.2 Å². The zero-order chi connectivity index (χ0) is 28.3. The predicted octanol–water partition coefficient (Wildman–Crippen LogP) is 5.24. The molecule has 2 fully saturated rings. The van der Waals surface area contributed by atoms with E-state index in [0.717, 1.165) is 43.2 Å². The largest absolute Gasteiger partial charge is 0.451 e. The van der Waals surface area contributed by atoms with Crippen LogP contribution in [0.1, 0.15) is 28.8 Å². The summed E-state index contributed by atoms with van der Waals surface area (Å²) in [5, 5.41) is 1.45. The van der Waals surface area contributed by atoms with Crippen LogP contribution >= 0.6 is 0 Å². The fraction of sp³-hybridized carbons (Fsp3) is 0.281. The molecule has 0 saturated carbocycles. The lowest BCUT2D eigenvalue weighted by Crippen LogP contribution is -2.50. The Labute approximate surface area is 238 Å². The van der Waals surface area contributed by atoms with Crippen LogP contribution in [0.5, 0.6) is 0 Å². The standard InChI is InChI=1S/C32H32FN5O3/c1-41-32(40)38(23-12-6-3-7-13-23)35-31(39)28-25-15-8-16-27(33)30(25)34-29(22-10-4-2-5-11-22)26(28)21-36-18-19-37-17-9-14-24(37)20-36/h2-8,10-13,15-16,24H,9,14,17-21H2,1H3,(H,35,39). The van der Waals surface area contributed by atoms with Crippen molar-refractivity contribution < 1.29 is 18.7 Å². The summed E-state index contributed by atoms with van der Waals surface area (Å²) in [6, 6.07) is 23.4. The van der Waals surface area contributed by atoms with Gasteiger partial charge in [-0.15, -0.1) is 0 Å². The maximum Gasteiger partial charge on any atom is 0.433 e. The second-order valence-corrected chi connectivity index (χ2v) is 10.5. The van der Waals surface area contributed by atoms with Crippen molar-refractivity contribution in [1.29, 1.82) is 0 Å². The summed E-state index contributed by atoms with van der Waals surface area (Å²) in [4.78, 5) is 36.8. The Morgan fingerprint density at radius 3 is 2.51 bits per heavy atom. The van der Waals surface area contributed by atoms with Gasteiger partial charge in [0.1, 0.15) is 11.3 Å². The van der Waals surface area contributed by atoms with Gasteiger partial charge in [0.2, 0.25) is 0 Å². The van der Waals surface area contributed by atoms with Crippen molar-refractivity contribution >= 4 is 28.6 Å². The zero-order valence-corrected chi connectivity index (χ0v) is 22.9. The van der Waals surface area contributed by atoms with Crippen LogP contribution in [0.3, 0.4) is 0 Å². The third kappa shape index (κ3) is 5.38. The number of rotatable bonds is 5. The van der Waals surface area contributed by atoms with Crippen LogP contribution < -0.4 is 10.4 Å². The first-order valence-corrected chi connectivity index (χ1v) is 13.9. The number of anilines is 1. The predicted molar refractivity (Wildman–Crippen MR) is 156 cm³/mol. The number of carbonyl (C=O) groups excluding carboxylic acids is 2. The van der Waals surface area contributed by atoms with Gasteiger partial charge in [0.25, 0.3) is 5.91 Å². The average molecular weight is 554 g/mol. The topological polar surface area (TPSA) is 78.0 Å². The highest BCUT2D eigenvalue weighted by Gasteiger charge is 2.33. The number of pyridine rings is 1. The number of ether oxygens (including phenoxy) is 1. The Morgan fingerprint density at radius 1 is 1.00 bits per heavy atom. The average Bonchev–Trinajstić information content (AvgIpc) is 3.48. The minimum absolute atomic E-state index is 0.102. The molecule has 1 N–H and O–H groups in total. The second-order valence-electron chi connectivity index (χ2n) is 10.5. The molecule has 2 saturated heterocycles. The highest BCUT2D eigenvalue weighted by molar-refractivity contribution is 6.10. The van der Waals surface area contributed by atoms with Crippen LogP contribution in [-0.2, 0) is 11.3 Å². The quantitative estimate of drug-likeness (QED) is 0.341. The van der Waals surface area contributed by atoms with Crippen molar-refractivity contribution in [3.05, 3.63) is 95.8 Å². The minimum atomic E-state index is -0.753. The van der Waals surface area contributed by atoms with E-state index in [2.05, 4.69) is 15.2 Å². The number of nitrogens with one attached hydrogen (secondary N) is 1. The van der Waals surface area contributed by atoms with Crippen LogP contribution in [0.25, 0.3) is 22.2 Å². The summed E-state index contributed by atoms with van der Waals surface area (Å²) >= 11 is 0. The molecule has 3 aromatic carbocycles. The van der Waals surface area contributed by atoms with Crippen molar-refractivity contribution in [2.24, 2.45) is 0 Å². The molecule has 9 heteroatoms. The number of nitrogens with zero attached hydrogens (tertiary/aromatic N) is 4. The first kappa shape index (κ1) is 26.9. The number of carbonyl (C=O) groups is 2. The van der Waals surface area contributed by atoms with Crippen LogP contribution in [0.4, 0.5) is 14.9 Å². The van der Waals surface area contributed by atoms with Crippen LogP contribution in [0, 0.1) is 5.82 Å². The zero-order valence-electron chi connectivity index (χ0n) is 22.9. The van der Waals surface area contributed by atoms with Crippen molar-refractivity contribution in [2.75, 3.05) is 38.3 Å². The number of aromatic nitrogens is 1. The van der Waals surface area contributed by atoms with E-state index >= 15 is 4.39 Å². The van der Waals surface area contributed by atoms with E-state index in [1.54, 1.807) is 36.4 Å². The van der Waals surface area contributed by atoms with Gasteiger partial charge in [-0.2, -0.15) is 5.01 Å². The number of methoxy groups -OCH3 is 1. The summed E-state index contributed by atoms with van der Waals surface area (Å²) < 4.78 is 20.3. The number of amides is 2. The second kappa shape index (κ2) is 11.6. The number of halogens is 1. The summed E-state index contributed by atoms with van der Waals surface area (Å²) in [6.07, 6.45) is 1.60. The minimum Gasteiger partial charge on any atom is -0.451 e. The van der Waals surface area contributed by atoms with Crippen LogP contribution in [-0.4, -0.2) is 66.1 Å². The molecule has 2 amide bonds. The highest BCUT2D eigenvalue weighted by Crippen LogP contribution is 2.34. The van der Waals surface area contributed by atoms with Gasteiger partial charge in [0, 0.05) is 48.7 Å². The van der Waals surface area contributed by atoms with E-state index in [1.807, 2.05) is 36.4 Å². The molecule has 1 atom stereocenters. The number of benzene rings is 3. The Hall–Kier alpha value is -4.34. The van der Waals surface area contributed by atoms with Gasteiger partial charge in [-0.3, -0.25) is 20.0 Å². The molecule has 6 rings (SSSR count). The van der Waals surface area contributed by atoms with Crippen LogP contribution in [0.15, 0.2) is 78.9 Å². The fourth-order valence-electron chi connectivity index (χ4n) is 6.00. The number of piperazine rings is 1. The maximum absolute atomic E-state index is 15.3. The molecule has 1 unspecified atom stereocenters. The van der Waals surface area contributed by atoms with E-state index < -0.39 is 17.8 Å². The molecule has 1 aromatic heterocycles. The summed E-state index contributed by atoms with van der Waals surface area (Å²) in [5.41, 5.74) is 5.59. The first-order valence-electron chi connectivity index (χ1n) is 13.9. The van der Waals surface area contributed by atoms with Gasteiger partial charge >= 0.3 is 6.09 Å². The number of hydrogen-bond acceptors (Lipinski definition) is 6. The van der Waals surface area contributed by atoms with E-state index in [4.69, 9.17) is 9.72 Å². The molecule has 0 radical (unpaired) electrons. The first-order chi connectivity index (χ1) is 20.0. The lowest BCUT2D eigenvalue weighted by molar-refractivity contribution is 0.0925. The molecular weight excluding hydrogens is 521 g/mol. The van der Waals surface area contributed by atoms with Gasteiger partial charge in [0.15, 0.2) is 0 Å². The fourth-order valence-corrected chi connectivity index (χ4v) is 6.00. The Kier molecular flexibility index (Phi) is 7.63. The molecule has 0 bridgehead atoms. The van der Waals surface area contributed by atoms with E-state index in [9.17, 15) is 9.59 Å². The lowest BCUT2D eigenvalue weighted by atomic mass is 9.95. The molecule has 41 heavy (non-hydrogen) atoms. The van der Waals surface area contributed by atoms with Gasteiger partial charge in [-0.1, -0.05) is 60.7 Å². The number of hydrogen-bond donors (Lipinski definition) is 1. The summed E-state index contributed by atoms with van der Waals surface area (Å²) in [7, 11) is 1.25. The van der Waals surface area contributed by atoms with Gasteiger partial charge in [-0.05, 0) is 37.6 Å². The van der Waals surface area contributed by atoms with Crippen molar-refractivity contribution in [3.8, 4) is 11.3 Å². The van der Waals surface area contributed by atoms with Gasteiger partial charge < -0.3 is 4.74 Å². The smallest absolute Gasteiger partial charge is 0.433 e. The normalized spacial score (nSPS) is 17.3. The van der Waals surface area contributed by atoms with Crippen molar-refractivity contribution in [2.45, 2.75) is 25.4 Å². The molecule has 0 aliphatic carbocycles. The van der Waals surface area contributed by atoms with Gasteiger partial charge in [0.05, 0.1) is 24.1 Å². The third-order valence-electron chi connectivity index (χ3n) is 7.98. The van der Waals surface area contributed by atoms with E-state index in [1.165, 1.54) is 19.6 Å². The Bertz CT molecular complexity index is 1570. The number of hydrazine groups is 1. The number of para-hydroxylation sites is 2. The molecule has 4 aromatic rings. The molecular formula is C32H32FN5O3. The monoisotopic (exact) mass is 553 g/mol. The van der Waals surface area contributed by atoms with E-state index in [0.29, 0.717) is 34.9 Å². The molecule has 2 aliphatic rings. The molecule has 210 valence electrons. The van der Waals surface area contributed by atoms with Crippen molar-refractivity contribution in [1.82, 2.24) is 20.2 Å². The van der Waals surface area contributed by atoms with E-state index in [-0.39, 0.29) is 11.1 Å². The molecule has 2 aliphatic heterocycles. The Morgan fingerprint density at radius 2 is 1.76 bits per heavy atom. The van der Waals surface area contributed by atoms with Crippen molar-refractivity contribution in [3.63, 3.8) is 0 Å². The number of fused-ring (bicyclic) bond motifs is 2. The SMILES string of the molecule is COC(=O)N(NC(=O)c1c(CN2CCN3CCCC3C2)c(-c2ccccc2)nc2c(F)cccc12)c1ccccc1. The molecule has 8 nitrogen and oxygen atoms in total.